The summed E-state index contributed by atoms with van der Waals surface area (Å²) in [4.78, 5) is 12.7. The largest absolute Gasteiger partial charge is 0.382 e. The Morgan fingerprint density at radius 2 is 1.53 bits per heavy atom. The Labute approximate surface area is 102 Å². The van der Waals surface area contributed by atoms with E-state index in [0.717, 1.165) is 13.1 Å². The zero-order valence-electron chi connectivity index (χ0n) is 10.5. The van der Waals surface area contributed by atoms with Crippen molar-refractivity contribution in [3.8, 4) is 0 Å². The maximum atomic E-state index is 5.93. The van der Waals surface area contributed by atoms with E-state index >= 15 is 0 Å². The van der Waals surface area contributed by atoms with Gasteiger partial charge in [-0.15, -0.1) is 0 Å². The number of hydrogen-bond donors (Lipinski definition) is 2. The van der Waals surface area contributed by atoms with E-state index in [9.17, 15) is 0 Å². The molecule has 1 aliphatic rings. The first kappa shape index (κ1) is 11.8. The summed E-state index contributed by atoms with van der Waals surface area (Å²) in [5, 5.41) is 0. The second kappa shape index (κ2) is 4.65. The molecule has 6 nitrogen and oxygen atoms in total. The van der Waals surface area contributed by atoms with Crippen molar-refractivity contribution < 1.29 is 0 Å². The van der Waals surface area contributed by atoms with Crippen molar-refractivity contribution in [3.05, 3.63) is 0 Å². The Kier molecular flexibility index (Phi) is 3.21. The molecule has 0 unspecified atom stereocenters. The van der Waals surface area contributed by atoms with Crippen LogP contribution in [0.3, 0.4) is 0 Å². The Morgan fingerprint density at radius 1 is 1.00 bits per heavy atom. The van der Waals surface area contributed by atoms with Crippen LogP contribution in [0, 0.1) is 0 Å². The summed E-state index contributed by atoms with van der Waals surface area (Å²) in [5.41, 5.74) is 12.6. The van der Waals surface area contributed by atoms with Gasteiger partial charge in [0.05, 0.1) is 0 Å². The van der Waals surface area contributed by atoms with Crippen molar-refractivity contribution in [3.63, 3.8) is 0 Å². The quantitative estimate of drug-likeness (QED) is 0.786. The summed E-state index contributed by atoms with van der Waals surface area (Å²) >= 11 is 0. The van der Waals surface area contributed by atoms with Crippen molar-refractivity contribution in [2.45, 2.75) is 19.3 Å². The van der Waals surface area contributed by atoms with Crippen LogP contribution in [-0.4, -0.2) is 37.2 Å². The Bertz CT molecular complexity index is 374. The highest BCUT2D eigenvalue weighted by molar-refractivity contribution is 5.76. The molecule has 0 amide bonds. The summed E-state index contributed by atoms with van der Waals surface area (Å²) in [7, 11) is 3.76. The first-order valence-electron chi connectivity index (χ1n) is 5.95. The van der Waals surface area contributed by atoms with Gasteiger partial charge in [-0.2, -0.15) is 9.97 Å². The predicted octanol–water partition coefficient (Wildman–Crippen LogP) is 0.697. The van der Waals surface area contributed by atoms with Crippen molar-refractivity contribution in [1.82, 2.24) is 9.97 Å². The van der Waals surface area contributed by atoms with Crippen LogP contribution in [0.25, 0.3) is 0 Å². The van der Waals surface area contributed by atoms with Gasteiger partial charge in [0, 0.05) is 27.2 Å². The van der Waals surface area contributed by atoms with E-state index in [4.69, 9.17) is 11.5 Å². The number of nitrogen functional groups attached to an aromatic ring is 2. The van der Waals surface area contributed by atoms with Crippen LogP contribution in [0.15, 0.2) is 0 Å². The predicted molar refractivity (Wildman–Crippen MR) is 71.2 cm³/mol. The molecule has 6 heteroatoms. The molecular formula is C11H20N6. The number of anilines is 4. The minimum atomic E-state index is 0.447. The minimum absolute atomic E-state index is 0.447. The van der Waals surface area contributed by atoms with Crippen molar-refractivity contribution in [1.29, 1.82) is 0 Å². The van der Waals surface area contributed by atoms with Crippen molar-refractivity contribution >= 4 is 23.3 Å². The smallest absolute Gasteiger partial charge is 0.229 e. The molecule has 1 aromatic heterocycles. The fourth-order valence-electron chi connectivity index (χ4n) is 2.17. The first-order valence-corrected chi connectivity index (χ1v) is 5.95. The van der Waals surface area contributed by atoms with Gasteiger partial charge < -0.3 is 21.3 Å². The molecule has 0 bridgehead atoms. The molecule has 1 fully saturated rings. The average Bonchev–Trinajstić information content (AvgIpc) is 2.28. The van der Waals surface area contributed by atoms with E-state index in [1.807, 2.05) is 19.0 Å². The lowest BCUT2D eigenvalue weighted by Gasteiger charge is -2.27. The summed E-state index contributed by atoms with van der Waals surface area (Å²) < 4.78 is 0. The van der Waals surface area contributed by atoms with E-state index in [-0.39, 0.29) is 0 Å². The highest BCUT2D eigenvalue weighted by Crippen LogP contribution is 2.28. The van der Waals surface area contributed by atoms with Crippen molar-refractivity contribution in [2.75, 3.05) is 48.5 Å². The molecule has 0 saturated carbocycles. The van der Waals surface area contributed by atoms with Gasteiger partial charge in [-0.3, -0.25) is 0 Å². The van der Waals surface area contributed by atoms with E-state index in [1.165, 1.54) is 19.3 Å². The number of rotatable bonds is 2. The second-order valence-electron chi connectivity index (χ2n) is 4.58. The SMILES string of the molecule is CN(C)c1c(N)nc(N2CCCCC2)nc1N. The van der Waals surface area contributed by atoms with Crippen LogP contribution in [-0.2, 0) is 0 Å². The summed E-state index contributed by atoms with van der Waals surface area (Å²) in [6.45, 7) is 1.97. The third kappa shape index (κ3) is 2.35. The van der Waals surface area contributed by atoms with E-state index in [0.29, 0.717) is 23.3 Å². The first-order chi connectivity index (χ1) is 8.09. The van der Waals surface area contributed by atoms with Gasteiger partial charge >= 0.3 is 0 Å². The Hall–Kier alpha value is -1.72. The van der Waals surface area contributed by atoms with E-state index in [2.05, 4.69) is 14.9 Å². The molecule has 0 aromatic carbocycles. The zero-order chi connectivity index (χ0) is 12.4. The van der Waals surface area contributed by atoms with Crippen LogP contribution in [0.2, 0.25) is 0 Å². The molecule has 1 aliphatic heterocycles. The Balaban J connectivity index is 2.31. The third-order valence-electron chi connectivity index (χ3n) is 3.01. The van der Waals surface area contributed by atoms with E-state index < -0.39 is 0 Å². The number of hydrogen-bond acceptors (Lipinski definition) is 6. The fraction of sp³-hybridized carbons (Fsp3) is 0.636. The van der Waals surface area contributed by atoms with Crippen LogP contribution < -0.4 is 21.3 Å². The molecule has 0 spiro atoms. The van der Waals surface area contributed by atoms with Gasteiger partial charge in [-0.25, -0.2) is 0 Å². The lowest BCUT2D eigenvalue weighted by molar-refractivity contribution is 0.569. The van der Waals surface area contributed by atoms with E-state index in [1.54, 1.807) is 0 Å². The molecule has 1 aromatic rings. The lowest BCUT2D eigenvalue weighted by atomic mass is 10.1. The van der Waals surface area contributed by atoms with Crippen LogP contribution in [0.5, 0.6) is 0 Å². The number of nitrogens with zero attached hydrogens (tertiary/aromatic N) is 4. The fourth-order valence-corrected chi connectivity index (χ4v) is 2.17. The molecule has 2 rings (SSSR count). The van der Waals surface area contributed by atoms with Crippen molar-refractivity contribution in [2.24, 2.45) is 0 Å². The molecule has 0 atom stereocenters. The standard InChI is InChI=1S/C11H20N6/c1-16(2)8-9(12)14-11(15-10(8)13)17-6-4-3-5-7-17/h3-7H2,1-2H3,(H4,12,13,14,15). The topological polar surface area (TPSA) is 84.3 Å². The average molecular weight is 236 g/mol. The maximum absolute atomic E-state index is 5.93. The minimum Gasteiger partial charge on any atom is -0.382 e. The molecule has 17 heavy (non-hydrogen) atoms. The Morgan fingerprint density at radius 3 is 2.00 bits per heavy atom. The van der Waals surface area contributed by atoms with Gasteiger partial charge in [0.15, 0.2) is 11.6 Å². The summed E-state index contributed by atoms with van der Waals surface area (Å²) in [6.07, 6.45) is 3.63. The lowest BCUT2D eigenvalue weighted by Crippen LogP contribution is -2.31. The second-order valence-corrected chi connectivity index (χ2v) is 4.58. The van der Waals surface area contributed by atoms with Gasteiger partial charge in [0.25, 0.3) is 0 Å². The van der Waals surface area contributed by atoms with Gasteiger partial charge in [0.2, 0.25) is 5.95 Å². The van der Waals surface area contributed by atoms with Gasteiger partial charge in [-0.05, 0) is 19.3 Å². The molecule has 0 radical (unpaired) electrons. The summed E-state index contributed by atoms with van der Waals surface area (Å²) in [5.74, 6) is 1.55. The monoisotopic (exact) mass is 236 g/mol. The van der Waals surface area contributed by atoms with Crippen LogP contribution in [0.1, 0.15) is 19.3 Å². The zero-order valence-corrected chi connectivity index (χ0v) is 10.5. The normalized spacial score (nSPS) is 16.0. The molecule has 2 heterocycles. The van der Waals surface area contributed by atoms with Crippen LogP contribution >= 0.6 is 0 Å². The number of piperidine rings is 1. The molecule has 0 aliphatic carbocycles. The molecule has 94 valence electrons. The molecule has 4 N–H and O–H groups in total. The maximum Gasteiger partial charge on any atom is 0.229 e. The highest BCUT2D eigenvalue weighted by atomic mass is 15.3. The third-order valence-corrected chi connectivity index (χ3v) is 3.01. The highest BCUT2D eigenvalue weighted by Gasteiger charge is 2.17. The number of nitrogens with two attached hydrogens (primary N) is 2. The summed E-state index contributed by atoms with van der Waals surface area (Å²) in [6, 6.07) is 0. The van der Waals surface area contributed by atoms with Gasteiger partial charge in [0.1, 0.15) is 5.69 Å². The number of aromatic nitrogens is 2. The molecular weight excluding hydrogens is 216 g/mol. The van der Waals surface area contributed by atoms with Crippen LogP contribution in [0.4, 0.5) is 23.3 Å². The van der Waals surface area contributed by atoms with Gasteiger partial charge in [-0.1, -0.05) is 0 Å². The molecule has 1 saturated heterocycles.